The number of halogens is 1. The summed E-state index contributed by atoms with van der Waals surface area (Å²) in [4.78, 5) is 11.6. The van der Waals surface area contributed by atoms with E-state index in [2.05, 4.69) is 5.32 Å². The number of nitrogens with one attached hydrogen (secondary N) is 1. The summed E-state index contributed by atoms with van der Waals surface area (Å²) in [6.45, 7) is 5.76. The van der Waals surface area contributed by atoms with E-state index in [-0.39, 0.29) is 24.7 Å². The van der Waals surface area contributed by atoms with Crippen molar-refractivity contribution in [3.05, 3.63) is 34.9 Å². The van der Waals surface area contributed by atoms with Gasteiger partial charge in [-0.1, -0.05) is 29.8 Å². The lowest BCUT2D eigenvalue weighted by Crippen LogP contribution is -2.31. The molecular weight excluding hydrogens is 238 g/mol. The van der Waals surface area contributed by atoms with Gasteiger partial charge in [0.25, 0.3) is 0 Å². The van der Waals surface area contributed by atoms with E-state index in [0.717, 1.165) is 5.56 Å². The maximum absolute atomic E-state index is 11.6. The molecule has 17 heavy (non-hydrogen) atoms. The smallest absolute Gasteiger partial charge is 0.246 e. The summed E-state index contributed by atoms with van der Waals surface area (Å²) in [5, 5.41) is 3.50. The number of hydrogen-bond donors (Lipinski definition) is 1. The largest absolute Gasteiger partial charge is 0.369 e. The van der Waals surface area contributed by atoms with Crippen LogP contribution in [0.4, 0.5) is 0 Å². The Labute approximate surface area is 107 Å². The van der Waals surface area contributed by atoms with Crippen molar-refractivity contribution in [1.82, 2.24) is 5.32 Å². The van der Waals surface area contributed by atoms with Crippen LogP contribution in [-0.4, -0.2) is 18.6 Å². The van der Waals surface area contributed by atoms with Crippen LogP contribution in [0.5, 0.6) is 0 Å². The fraction of sp³-hybridized carbons (Fsp3) is 0.462. The molecule has 94 valence electrons. The van der Waals surface area contributed by atoms with Crippen LogP contribution in [0.1, 0.15) is 32.4 Å². The Kier molecular flexibility index (Phi) is 5.45. The van der Waals surface area contributed by atoms with Gasteiger partial charge in [0.2, 0.25) is 5.91 Å². The Balaban J connectivity index is 2.52. The molecule has 0 unspecified atom stereocenters. The summed E-state index contributed by atoms with van der Waals surface area (Å²) in [5.41, 5.74) is 0.909. The van der Waals surface area contributed by atoms with Crippen molar-refractivity contribution in [2.24, 2.45) is 0 Å². The standard InChI is InChI=1S/C13H18ClNO2/c1-9(2)17-8-13(16)15-10(3)11-6-4-5-7-12(11)14/h4-7,9-10H,8H2,1-3H3,(H,15,16)/t10-/m0/s1. The Morgan fingerprint density at radius 3 is 2.59 bits per heavy atom. The summed E-state index contributed by atoms with van der Waals surface area (Å²) >= 11 is 6.05. The average Bonchev–Trinajstić information content (AvgIpc) is 2.26. The Morgan fingerprint density at radius 2 is 2.00 bits per heavy atom. The predicted octanol–water partition coefficient (Wildman–Crippen LogP) is 2.94. The molecule has 0 saturated heterocycles. The molecule has 3 nitrogen and oxygen atoms in total. The van der Waals surface area contributed by atoms with E-state index in [4.69, 9.17) is 16.3 Å². The van der Waals surface area contributed by atoms with Crippen molar-refractivity contribution in [1.29, 1.82) is 0 Å². The Hall–Kier alpha value is -1.06. The molecule has 0 radical (unpaired) electrons. The molecule has 0 heterocycles. The fourth-order valence-corrected chi connectivity index (χ4v) is 1.73. The van der Waals surface area contributed by atoms with E-state index in [0.29, 0.717) is 5.02 Å². The van der Waals surface area contributed by atoms with Crippen LogP contribution in [0.25, 0.3) is 0 Å². The van der Waals surface area contributed by atoms with Gasteiger partial charge >= 0.3 is 0 Å². The molecule has 1 aromatic rings. The SMILES string of the molecule is CC(C)OCC(=O)N[C@@H](C)c1ccccc1Cl. The monoisotopic (exact) mass is 255 g/mol. The van der Waals surface area contributed by atoms with Crippen LogP contribution >= 0.6 is 11.6 Å². The van der Waals surface area contributed by atoms with Gasteiger partial charge in [-0.2, -0.15) is 0 Å². The van der Waals surface area contributed by atoms with Crippen LogP contribution < -0.4 is 5.32 Å². The minimum Gasteiger partial charge on any atom is -0.369 e. The highest BCUT2D eigenvalue weighted by molar-refractivity contribution is 6.31. The summed E-state index contributed by atoms with van der Waals surface area (Å²) < 4.78 is 5.23. The zero-order valence-electron chi connectivity index (χ0n) is 10.4. The lowest BCUT2D eigenvalue weighted by Gasteiger charge is -2.16. The maximum Gasteiger partial charge on any atom is 0.246 e. The first-order valence-corrected chi connectivity index (χ1v) is 6.04. The zero-order chi connectivity index (χ0) is 12.8. The van der Waals surface area contributed by atoms with Gasteiger partial charge in [0.05, 0.1) is 12.1 Å². The van der Waals surface area contributed by atoms with Crippen molar-refractivity contribution >= 4 is 17.5 Å². The van der Waals surface area contributed by atoms with E-state index >= 15 is 0 Å². The highest BCUT2D eigenvalue weighted by atomic mass is 35.5. The van der Waals surface area contributed by atoms with Gasteiger partial charge in [0.15, 0.2) is 0 Å². The minimum absolute atomic E-state index is 0.0522. The maximum atomic E-state index is 11.6. The molecule has 1 atom stereocenters. The van der Waals surface area contributed by atoms with Crippen LogP contribution in [0.2, 0.25) is 5.02 Å². The van der Waals surface area contributed by atoms with Gasteiger partial charge in [-0.25, -0.2) is 0 Å². The molecule has 1 rings (SSSR count). The second kappa shape index (κ2) is 6.62. The van der Waals surface area contributed by atoms with Crippen molar-refractivity contribution in [2.45, 2.75) is 32.9 Å². The second-order valence-electron chi connectivity index (χ2n) is 4.17. The second-order valence-corrected chi connectivity index (χ2v) is 4.58. The van der Waals surface area contributed by atoms with Crippen LogP contribution in [0, 0.1) is 0 Å². The van der Waals surface area contributed by atoms with Gasteiger partial charge in [0.1, 0.15) is 6.61 Å². The molecule has 0 saturated carbocycles. The number of amides is 1. The van der Waals surface area contributed by atoms with E-state index in [1.165, 1.54) is 0 Å². The van der Waals surface area contributed by atoms with Gasteiger partial charge in [-0.3, -0.25) is 4.79 Å². The van der Waals surface area contributed by atoms with E-state index < -0.39 is 0 Å². The minimum atomic E-state index is -0.133. The molecule has 0 aliphatic rings. The molecule has 0 aliphatic heterocycles. The summed E-state index contributed by atoms with van der Waals surface area (Å²) in [6.07, 6.45) is 0.0522. The third-order valence-corrected chi connectivity index (χ3v) is 2.64. The summed E-state index contributed by atoms with van der Waals surface area (Å²) in [5.74, 6) is -0.133. The number of carbonyl (C=O) groups excluding carboxylic acids is 1. The molecule has 1 N–H and O–H groups in total. The quantitative estimate of drug-likeness (QED) is 0.879. The normalized spacial score (nSPS) is 12.5. The van der Waals surface area contributed by atoms with Crippen molar-refractivity contribution in [3.8, 4) is 0 Å². The van der Waals surface area contributed by atoms with Crippen molar-refractivity contribution < 1.29 is 9.53 Å². The zero-order valence-corrected chi connectivity index (χ0v) is 11.1. The highest BCUT2D eigenvalue weighted by Gasteiger charge is 2.12. The Morgan fingerprint density at radius 1 is 1.35 bits per heavy atom. The van der Waals surface area contributed by atoms with Gasteiger partial charge < -0.3 is 10.1 Å². The molecule has 0 aromatic heterocycles. The first-order valence-electron chi connectivity index (χ1n) is 5.66. The molecule has 1 aromatic carbocycles. The average molecular weight is 256 g/mol. The van der Waals surface area contributed by atoms with E-state index in [1.54, 1.807) is 0 Å². The number of ether oxygens (including phenoxy) is 1. The highest BCUT2D eigenvalue weighted by Crippen LogP contribution is 2.21. The van der Waals surface area contributed by atoms with Gasteiger partial charge in [-0.15, -0.1) is 0 Å². The number of rotatable bonds is 5. The first kappa shape index (κ1) is 14.0. The van der Waals surface area contributed by atoms with Gasteiger partial charge in [0, 0.05) is 5.02 Å². The molecule has 0 bridgehead atoms. The third-order valence-electron chi connectivity index (χ3n) is 2.30. The number of carbonyl (C=O) groups is 1. The fourth-order valence-electron chi connectivity index (χ4n) is 1.43. The van der Waals surface area contributed by atoms with E-state index in [9.17, 15) is 4.79 Å². The molecule has 0 fully saturated rings. The third kappa shape index (κ3) is 4.75. The number of benzene rings is 1. The molecule has 4 heteroatoms. The first-order chi connectivity index (χ1) is 8.00. The van der Waals surface area contributed by atoms with Gasteiger partial charge in [-0.05, 0) is 32.4 Å². The lowest BCUT2D eigenvalue weighted by atomic mass is 10.1. The molecule has 0 spiro atoms. The molecular formula is C13H18ClNO2. The topological polar surface area (TPSA) is 38.3 Å². The predicted molar refractivity (Wildman–Crippen MR) is 69.1 cm³/mol. The summed E-state index contributed by atoms with van der Waals surface area (Å²) in [6, 6.07) is 7.35. The molecule has 0 aliphatic carbocycles. The van der Waals surface area contributed by atoms with Crippen LogP contribution in [0.3, 0.4) is 0 Å². The van der Waals surface area contributed by atoms with Crippen molar-refractivity contribution in [3.63, 3.8) is 0 Å². The molecule has 1 amide bonds. The van der Waals surface area contributed by atoms with Crippen LogP contribution in [-0.2, 0) is 9.53 Å². The van der Waals surface area contributed by atoms with Crippen LogP contribution in [0.15, 0.2) is 24.3 Å². The van der Waals surface area contributed by atoms with E-state index in [1.807, 2.05) is 45.0 Å². The van der Waals surface area contributed by atoms with Crippen molar-refractivity contribution in [2.75, 3.05) is 6.61 Å². The Bertz CT molecular complexity index is 379. The summed E-state index contributed by atoms with van der Waals surface area (Å²) in [7, 11) is 0. The number of hydrogen-bond acceptors (Lipinski definition) is 2. The lowest BCUT2D eigenvalue weighted by molar-refractivity contribution is -0.127.